The summed E-state index contributed by atoms with van der Waals surface area (Å²) in [6.07, 6.45) is 0.504. The van der Waals surface area contributed by atoms with Crippen molar-refractivity contribution in [2.45, 2.75) is 38.4 Å². The third kappa shape index (κ3) is 3.94. The zero-order chi connectivity index (χ0) is 23.5. The number of thiophene rings is 1. The van der Waals surface area contributed by atoms with Gasteiger partial charge < -0.3 is 9.88 Å². The molecule has 0 radical (unpaired) electrons. The summed E-state index contributed by atoms with van der Waals surface area (Å²) in [5, 5.41) is 1.97. The predicted molar refractivity (Wildman–Crippen MR) is 129 cm³/mol. The normalized spacial score (nSPS) is 22.5. The summed E-state index contributed by atoms with van der Waals surface area (Å²) in [6.45, 7) is 6.09. The lowest BCUT2D eigenvalue weighted by molar-refractivity contribution is -0.126. The Morgan fingerprint density at radius 1 is 1.12 bits per heavy atom. The van der Waals surface area contributed by atoms with E-state index in [1.807, 2.05) is 6.20 Å². The van der Waals surface area contributed by atoms with Crippen LogP contribution in [0.5, 0.6) is 0 Å². The van der Waals surface area contributed by atoms with Crippen molar-refractivity contribution in [1.29, 1.82) is 0 Å². The Labute approximate surface area is 199 Å². The summed E-state index contributed by atoms with van der Waals surface area (Å²) in [4.78, 5) is 17.8. The lowest BCUT2D eigenvalue weighted by Gasteiger charge is -2.28. The van der Waals surface area contributed by atoms with Crippen LogP contribution in [0.1, 0.15) is 36.2 Å². The minimum Gasteiger partial charge on any atom is -0.361 e. The van der Waals surface area contributed by atoms with E-state index in [2.05, 4.69) is 55.9 Å². The molecule has 2 unspecified atom stereocenters. The lowest BCUT2D eigenvalue weighted by Crippen LogP contribution is -2.32. The maximum Gasteiger partial charge on any atom is 0.393 e. The molecule has 5 heterocycles. The van der Waals surface area contributed by atoms with Gasteiger partial charge in [-0.25, -0.2) is 9.97 Å². The van der Waals surface area contributed by atoms with Crippen molar-refractivity contribution in [2.75, 3.05) is 31.1 Å². The molecule has 34 heavy (non-hydrogen) atoms. The number of H-pyrrole nitrogens is 1. The topological polar surface area (TPSA) is 48.1 Å². The van der Waals surface area contributed by atoms with Crippen molar-refractivity contribution in [3.8, 4) is 0 Å². The summed E-state index contributed by atoms with van der Waals surface area (Å²) < 4.78 is 38.7. The number of halogens is 3. The van der Waals surface area contributed by atoms with Crippen molar-refractivity contribution in [3.05, 3.63) is 53.3 Å². The number of hydrogen-bond acceptors (Lipinski definition) is 5. The van der Waals surface area contributed by atoms with Gasteiger partial charge in [0.25, 0.3) is 0 Å². The van der Waals surface area contributed by atoms with E-state index in [0.717, 1.165) is 61.6 Å². The van der Waals surface area contributed by atoms with E-state index >= 15 is 0 Å². The Bertz CT molecular complexity index is 1350. The number of alkyl halides is 3. The van der Waals surface area contributed by atoms with Gasteiger partial charge in [-0.1, -0.05) is 12.1 Å². The molecule has 6 rings (SSSR count). The maximum atomic E-state index is 12.9. The second kappa shape index (κ2) is 7.95. The number of fused-ring (bicyclic) bond motifs is 2. The predicted octanol–water partition coefficient (Wildman–Crippen LogP) is 5.94. The first-order valence-electron chi connectivity index (χ1n) is 11.6. The number of hydrogen-bond donors (Lipinski definition) is 1. The van der Waals surface area contributed by atoms with E-state index in [1.165, 1.54) is 22.8 Å². The summed E-state index contributed by atoms with van der Waals surface area (Å²) in [7, 11) is 0. The van der Waals surface area contributed by atoms with E-state index in [-0.39, 0.29) is 10.3 Å². The van der Waals surface area contributed by atoms with E-state index < -0.39 is 12.6 Å². The summed E-state index contributed by atoms with van der Waals surface area (Å²) >= 11 is 1.12. The monoisotopic (exact) mass is 485 g/mol. The Balaban J connectivity index is 1.19. The second-order valence-electron chi connectivity index (χ2n) is 9.81. The highest BCUT2D eigenvalue weighted by Gasteiger charge is 2.45. The molecule has 9 heteroatoms. The van der Waals surface area contributed by atoms with Crippen LogP contribution in [0.3, 0.4) is 0 Å². The fourth-order valence-electron chi connectivity index (χ4n) is 5.72. The lowest BCUT2D eigenvalue weighted by atomic mass is 9.86. The van der Waals surface area contributed by atoms with Crippen LogP contribution in [-0.2, 0) is 6.42 Å². The molecule has 5 nitrogen and oxygen atoms in total. The SMILES string of the molecule is CC(c1ccc2cc[nH]c2c1)N1CCC2(CCN(c3ncnc4sc(CC(F)(F)F)cc34)C2)C1. The Morgan fingerprint density at radius 2 is 1.97 bits per heavy atom. The molecule has 2 atom stereocenters. The van der Waals surface area contributed by atoms with E-state index in [4.69, 9.17) is 0 Å². The molecule has 0 aliphatic carbocycles. The van der Waals surface area contributed by atoms with Gasteiger partial charge in [-0.2, -0.15) is 13.2 Å². The van der Waals surface area contributed by atoms with Gasteiger partial charge in [0, 0.05) is 47.7 Å². The van der Waals surface area contributed by atoms with E-state index in [1.54, 1.807) is 6.07 Å². The first-order chi connectivity index (χ1) is 16.3. The first kappa shape index (κ1) is 21.9. The van der Waals surface area contributed by atoms with Crippen LogP contribution in [0.4, 0.5) is 19.0 Å². The molecular weight excluding hydrogens is 459 g/mol. The molecule has 2 aliphatic rings. The van der Waals surface area contributed by atoms with Gasteiger partial charge in [0.05, 0.1) is 11.8 Å². The summed E-state index contributed by atoms with van der Waals surface area (Å²) in [5.41, 5.74) is 2.67. The Kier molecular flexibility index (Phi) is 5.11. The van der Waals surface area contributed by atoms with Crippen LogP contribution in [-0.4, -0.2) is 52.2 Å². The molecule has 2 aliphatic heterocycles. The van der Waals surface area contributed by atoms with Crippen molar-refractivity contribution >= 4 is 38.3 Å². The average Bonchev–Trinajstić information content (AvgIpc) is 3.58. The van der Waals surface area contributed by atoms with Crippen LogP contribution in [0.2, 0.25) is 0 Å². The van der Waals surface area contributed by atoms with E-state index in [0.29, 0.717) is 10.9 Å². The van der Waals surface area contributed by atoms with Gasteiger partial charge in [0.15, 0.2) is 0 Å². The smallest absolute Gasteiger partial charge is 0.361 e. The minimum absolute atomic E-state index is 0.187. The van der Waals surface area contributed by atoms with Crippen molar-refractivity contribution < 1.29 is 13.2 Å². The molecule has 2 fully saturated rings. The van der Waals surface area contributed by atoms with E-state index in [9.17, 15) is 13.2 Å². The standard InChI is InChI=1S/C25H26F3N5S/c1-16(18-3-2-17-4-7-29-21(17)10-18)32-8-5-24(13-32)6-9-33(14-24)22-20-11-19(12-25(26,27)28)34-23(20)31-15-30-22/h2-4,7,10-11,15-16,29H,5-6,8-9,12-14H2,1H3. The number of benzene rings is 1. The molecule has 1 N–H and O–H groups in total. The van der Waals surface area contributed by atoms with Crippen molar-refractivity contribution in [1.82, 2.24) is 19.9 Å². The van der Waals surface area contributed by atoms with Crippen LogP contribution in [0.15, 0.2) is 42.9 Å². The molecule has 2 saturated heterocycles. The minimum atomic E-state index is -4.22. The van der Waals surface area contributed by atoms with Crippen LogP contribution in [0.25, 0.3) is 21.1 Å². The number of rotatable bonds is 4. The Morgan fingerprint density at radius 3 is 2.82 bits per heavy atom. The molecule has 0 amide bonds. The molecule has 4 aromatic rings. The number of nitrogens with one attached hydrogen (secondary N) is 1. The van der Waals surface area contributed by atoms with Crippen LogP contribution >= 0.6 is 11.3 Å². The zero-order valence-electron chi connectivity index (χ0n) is 18.9. The fraction of sp³-hybridized carbons (Fsp3) is 0.440. The second-order valence-corrected chi connectivity index (χ2v) is 10.9. The van der Waals surface area contributed by atoms with Crippen LogP contribution < -0.4 is 4.90 Å². The van der Waals surface area contributed by atoms with Gasteiger partial charge >= 0.3 is 6.18 Å². The van der Waals surface area contributed by atoms with Crippen molar-refractivity contribution in [2.24, 2.45) is 5.41 Å². The summed E-state index contributed by atoms with van der Waals surface area (Å²) in [6, 6.07) is 10.7. The molecule has 0 saturated carbocycles. The number of likely N-dealkylation sites (tertiary alicyclic amines) is 1. The van der Waals surface area contributed by atoms with Crippen LogP contribution in [0, 0.1) is 5.41 Å². The number of nitrogens with zero attached hydrogens (tertiary/aromatic N) is 4. The molecule has 1 spiro atoms. The largest absolute Gasteiger partial charge is 0.393 e. The molecular formula is C25H26F3N5S. The maximum absolute atomic E-state index is 12.9. The average molecular weight is 486 g/mol. The number of aromatic amines is 1. The van der Waals surface area contributed by atoms with Gasteiger partial charge in [0.1, 0.15) is 17.0 Å². The van der Waals surface area contributed by atoms with Gasteiger partial charge in [0.2, 0.25) is 0 Å². The quantitative estimate of drug-likeness (QED) is 0.389. The third-order valence-electron chi connectivity index (χ3n) is 7.55. The highest BCUT2D eigenvalue weighted by molar-refractivity contribution is 7.18. The third-order valence-corrected chi connectivity index (χ3v) is 8.59. The number of anilines is 1. The van der Waals surface area contributed by atoms with Gasteiger partial charge in [-0.15, -0.1) is 11.3 Å². The fourth-order valence-corrected chi connectivity index (χ4v) is 6.74. The van der Waals surface area contributed by atoms with Gasteiger partial charge in [-0.05, 0) is 55.5 Å². The molecule has 178 valence electrons. The Hall–Kier alpha value is -2.65. The molecule has 1 aromatic carbocycles. The van der Waals surface area contributed by atoms with Crippen molar-refractivity contribution in [3.63, 3.8) is 0 Å². The molecule has 3 aromatic heterocycles. The zero-order valence-corrected chi connectivity index (χ0v) is 19.7. The highest BCUT2D eigenvalue weighted by atomic mass is 32.1. The number of aromatic nitrogens is 3. The van der Waals surface area contributed by atoms with Gasteiger partial charge in [-0.3, -0.25) is 4.90 Å². The first-order valence-corrected chi connectivity index (χ1v) is 12.5. The summed E-state index contributed by atoms with van der Waals surface area (Å²) in [5.74, 6) is 0.773. The highest BCUT2D eigenvalue weighted by Crippen LogP contribution is 2.45. The molecule has 0 bridgehead atoms.